The topological polar surface area (TPSA) is 86.3 Å². The first-order chi connectivity index (χ1) is 13.6. The summed E-state index contributed by atoms with van der Waals surface area (Å²) in [7, 11) is 1.31. The number of ether oxygens (including phenoxy) is 4. The van der Waals surface area contributed by atoms with Crippen LogP contribution in [0.25, 0.3) is 0 Å². The third-order valence-electron chi connectivity index (χ3n) is 3.59. The van der Waals surface area contributed by atoms with Crippen LogP contribution in [0.1, 0.15) is 0 Å². The van der Waals surface area contributed by atoms with Crippen molar-refractivity contribution in [1.29, 1.82) is 0 Å². The molecule has 0 saturated carbocycles. The standard InChI is InChI=1S/C20H24ClNO6/c1-25-20(24)14-28-19-8-6-17(7-9-19)26-11-10-22-12-16(23)13-27-18-4-2-15(21)3-5-18/h2-9,16,22-23H,10-14H2,1H3. The SMILES string of the molecule is COC(=O)COc1ccc(OCCNCC(O)COc2ccc(Cl)cc2)cc1. The van der Waals surface area contributed by atoms with Crippen molar-refractivity contribution in [2.75, 3.05) is 40.0 Å². The number of benzene rings is 2. The Morgan fingerprint density at radius 2 is 1.57 bits per heavy atom. The Labute approximate surface area is 169 Å². The summed E-state index contributed by atoms with van der Waals surface area (Å²) < 4.78 is 20.8. The van der Waals surface area contributed by atoms with Gasteiger partial charge in [-0.15, -0.1) is 0 Å². The molecule has 8 heteroatoms. The van der Waals surface area contributed by atoms with Crippen molar-refractivity contribution in [3.05, 3.63) is 53.6 Å². The van der Waals surface area contributed by atoms with Crippen molar-refractivity contribution in [2.24, 2.45) is 0 Å². The molecule has 2 aromatic carbocycles. The average molecular weight is 410 g/mol. The number of nitrogens with one attached hydrogen (secondary N) is 1. The number of aliphatic hydroxyl groups is 1. The Hall–Kier alpha value is -2.48. The fourth-order valence-corrected chi connectivity index (χ4v) is 2.25. The largest absolute Gasteiger partial charge is 0.492 e. The van der Waals surface area contributed by atoms with Gasteiger partial charge in [0.1, 0.15) is 36.6 Å². The summed E-state index contributed by atoms with van der Waals surface area (Å²) in [4.78, 5) is 11.0. The second kappa shape index (κ2) is 12.1. The lowest BCUT2D eigenvalue weighted by Gasteiger charge is -2.14. The molecule has 152 valence electrons. The van der Waals surface area contributed by atoms with Crippen LogP contribution in [0.3, 0.4) is 0 Å². The van der Waals surface area contributed by atoms with Crippen molar-refractivity contribution >= 4 is 17.6 Å². The lowest BCUT2D eigenvalue weighted by molar-refractivity contribution is -0.142. The maximum Gasteiger partial charge on any atom is 0.343 e. The zero-order valence-electron chi connectivity index (χ0n) is 15.6. The molecule has 0 aromatic heterocycles. The van der Waals surface area contributed by atoms with Crippen LogP contribution in [-0.2, 0) is 9.53 Å². The van der Waals surface area contributed by atoms with Gasteiger partial charge >= 0.3 is 5.97 Å². The average Bonchev–Trinajstić information content (AvgIpc) is 2.72. The molecule has 0 spiro atoms. The highest BCUT2D eigenvalue weighted by atomic mass is 35.5. The number of rotatable bonds is 12. The molecule has 0 aliphatic heterocycles. The minimum absolute atomic E-state index is 0.134. The molecule has 1 unspecified atom stereocenters. The van der Waals surface area contributed by atoms with E-state index in [1.807, 2.05) is 0 Å². The molecule has 0 amide bonds. The molecule has 7 nitrogen and oxygen atoms in total. The molecule has 2 N–H and O–H groups in total. The number of halogens is 1. The van der Waals surface area contributed by atoms with E-state index in [4.69, 9.17) is 25.8 Å². The molecule has 28 heavy (non-hydrogen) atoms. The second-order valence-corrected chi connectivity index (χ2v) is 6.24. The predicted molar refractivity (Wildman–Crippen MR) is 105 cm³/mol. The molecular weight excluding hydrogens is 386 g/mol. The van der Waals surface area contributed by atoms with Gasteiger partial charge in [0.15, 0.2) is 6.61 Å². The van der Waals surface area contributed by atoms with Crippen LogP contribution >= 0.6 is 11.6 Å². The maximum atomic E-state index is 11.0. The van der Waals surface area contributed by atoms with Crippen LogP contribution < -0.4 is 19.5 Å². The van der Waals surface area contributed by atoms with Crippen molar-refractivity contribution < 1.29 is 28.8 Å². The van der Waals surface area contributed by atoms with Gasteiger partial charge in [-0.05, 0) is 48.5 Å². The van der Waals surface area contributed by atoms with Crippen LogP contribution in [-0.4, -0.2) is 57.2 Å². The smallest absolute Gasteiger partial charge is 0.343 e. The van der Waals surface area contributed by atoms with E-state index >= 15 is 0 Å². The molecule has 0 saturated heterocycles. The molecule has 2 aromatic rings. The highest BCUT2D eigenvalue weighted by Gasteiger charge is 2.05. The van der Waals surface area contributed by atoms with Crippen LogP contribution in [0.2, 0.25) is 5.02 Å². The first-order valence-electron chi connectivity index (χ1n) is 8.76. The number of esters is 1. The number of hydrogen-bond acceptors (Lipinski definition) is 7. The summed E-state index contributed by atoms with van der Waals surface area (Å²) in [5, 5.41) is 13.7. The van der Waals surface area contributed by atoms with Gasteiger partial charge in [-0.1, -0.05) is 11.6 Å². The monoisotopic (exact) mass is 409 g/mol. The minimum Gasteiger partial charge on any atom is -0.492 e. The lowest BCUT2D eigenvalue weighted by Crippen LogP contribution is -2.33. The fourth-order valence-electron chi connectivity index (χ4n) is 2.13. The number of carbonyl (C=O) groups is 1. The number of methoxy groups -OCH3 is 1. The van der Waals surface area contributed by atoms with Crippen molar-refractivity contribution in [3.8, 4) is 17.2 Å². The maximum absolute atomic E-state index is 11.0. The molecule has 0 aliphatic carbocycles. The highest BCUT2D eigenvalue weighted by Crippen LogP contribution is 2.17. The molecule has 0 aliphatic rings. The zero-order valence-corrected chi connectivity index (χ0v) is 16.4. The highest BCUT2D eigenvalue weighted by molar-refractivity contribution is 6.30. The molecule has 0 radical (unpaired) electrons. The van der Waals surface area contributed by atoms with Crippen molar-refractivity contribution in [2.45, 2.75) is 6.10 Å². The summed E-state index contributed by atoms with van der Waals surface area (Å²) in [5.74, 6) is 1.46. The predicted octanol–water partition coefficient (Wildman–Crippen LogP) is 2.30. The van der Waals surface area contributed by atoms with Gasteiger partial charge in [0.2, 0.25) is 0 Å². The number of carbonyl (C=O) groups excluding carboxylic acids is 1. The minimum atomic E-state index is -0.637. The summed E-state index contributed by atoms with van der Waals surface area (Å²) in [6.07, 6.45) is -0.637. The van der Waals surface area contributed by atoms with Gasteiger partial charge in [0, 0.05) is 18.1 Å². The van der Waals surface area contributed by atoms with E-state index in [1.54, 1.807) is 48.5 Å². The summed E-state index contributed by atoms with van der Waals surface area (Å²) >= 11 is 5.81. The van der Waals surface area contributed by atoms with Gasteiger partial charge in [0.25, 0.3) is 0 Å². The van der Waals surface area contributed by atoms with Gasteiger partial charge in [-0.2, -0.15) is 0 Å². The quantitative estimate of drug-likeness (QED) is 0.411. The van der Waals surface area contributed by atoms with E-state index in [2.05, 4.69) is 10.1 Å². The number of aliphatic hydroxyl groups excluding tert-OH is 1. The van der Waals surface area contributed by atoms with Crippen LogP contribution in [0.15, 0.2) is 48.5 Å². The van der Waals surface area contributed by atoms with Gasteiger partial charge in [-0.25, -0.2) is 4.79 Å². The Balaban J connectivity index is 1.55. The summed E-state index contributed by atoms with van der Waals surface area (Å²) in [6, 6.07) is 13.9. The molecule has 0 fully saturated rings. The van der Waals surface area contributed by atoms with Gasteiger partial charge in [-0.3, -0.25) is 0 Å². The van der Waals surface area contributed by atoms with E-state index in [-0.39, 0.29) is 13.2 Å². The molecule has 0 bridgehead atoms. The van der Waals surface area contributed by atoms with E-state index in [0.29, 0.717) is 42.0 Å². The molecule has 1 atom stereocenters. The van der Waals surface area contributed by atoms with E-state index < -0.39 is 12.1 Å². The van der Waals surface area contributed by atoms with Crippen LogP contribution in [0.5, 0.6) is 17.2 Å². The Bertz CT molecular complexity index is 708. The molecule has 2 rings (SSSR count). The Morgan fingerprint density at radius 3 is 2.21 bits per heavy atom. The summed E-state index contributed by atoms with van der Waals surface area (Å²) in [6.45, 7) is 1.44. The molecular formula is C20H24ClNO6. The zero-order chi connectivity index (χ0) is 20.2. The van der Waals surface area contributed by atoms with Gasteiger partial charge < -0.3 is 29.4 Å². The lowest BCUT2D eigenvalue weighted by atomic mass is 10.3. The van der Waals surface area contributed by atoms with E-state index in [1.165, 1.54) is 7.11 Å². The van der Waals surface area contributed by atoms with Crippen LogP contribution in [0, 0.1) is 0 Å². The Kier molecular flexibility index (Phi) is 9.41. The summed E-state index contributed by atoms with van der Waals surface area (Å²) in [5.41, 5.74) is 0. The first-order valence-corrected chi connectivity index (χ1v) is 9.14. The normalized spacial score (nSPS) is 11.5. The van der Waals surface area contributed by atoms with E-state index in [0.717, 1.165) is 0 Å². The van der Waals surface area contributed by atoms with Crippen molar-refractivity contribution in [3.63, 3.8) is 0 Å². The van der Waals surface area contributed by atoms with Crippen molar-refractivity contribution in [1.82, 2.24) is 5.32 Å². The third-order valence-corrected chi connectivity index (χ3v) is 3.84. The number of hydrogen-bond donors (Lipinski definition) is 2. The fraction of sp³-hybridized carbons (Fsp3) is 0.350. The van der Waals surface area contributed by atoms with Crippen LogP contribution in [0.4, 0.5) is 0 Å². The first kappa shape index (κ1) is 21.8. The third kappa shape index (κ3) is 8.47. The van der Waals surface area contributed by atoms with E-state index in [9.17, 15) is 9.90 Å². The Morgan fingerprint density at radius 1 is 1.00 bits per heavy atom. The van der Waals surface area contributed by atoms with Gasteiger partial charge in [0.05, 0.1) is 7.11 Å². The molecule has 0 heterocycles. The second-order valence-electron chi connectivity index (χ2n) is 5.81.